The Morgan fingerprint density at radius 3 is 2.82 bits per heavy atom. The maximum atomic E-state index is 16.3. The Balaban J connectivity index is 1.52. The summed E-state index contributed by atoms with van der Waals surface area (Å²) in [5, 5.41) is 29.2. The molecule has 4 amide bonds. The van der Waals surface area contributed by atoms with Crippen molar-refractivity contribution in [3.63, 3.8) is 0 Å². The van der Waals surface area contributed by atoms with Gasteiger partial charge in [-0.25, -0.2) is 14.0 Å². The van der Waals surface area contributed by atoms with Gasteiger partial charge in [0.05, 0.1) is 35.4 Å². The molecule has 2 unspecified atom stereocenters. The van der Waals surface area contributed by atoms with Crippen molar-refractivity contribution in [3.8, 4) is 0 Å². The van der Waals surface area contributed by atoms with Crippen LogP contribution >= 0.6 is 0 Å². The molecule has 1 aromatic heterocycles. The number of hydrogen-bond acceptors (Lipinski definition) is 10. The molecule has 1 spiro atoms. The first-order valence-electron chi connectivity index (χ1n) is 12.6. The van der Waals surface area contributed by atoms with Crippen LogP contribution in [0.1, 0.15) is 32.3 Å². The normalized spacial score (nSPS) is 32.8. The Morgan fingerprint density at radius 2 is 2.08 bits per heavy atom. The van der Waals surface area contributed by atoms with Crippen molar-refractivity contribution in [1.29, 1.82) is 0 Å². The van der Waals surface area contributed by atoms with Crippen LogP contribution in [0.5, 0.6) is 0 Å². The van der Waals surface area contributed by atoms with Crippen LogP contribution in [0.4, 0.5) is 25.5 Å². The van der Waals surface area contributed by atoms with Gasteiger partial charge in [-0.15, -0.1) is 0 Å². The maximum absolute atomic E-state index is 16.3. The number of imide groups is 1. The standard InChI is InChI=1S/C24H28FN5O8/c1-10-8-29-16-12(7-24(18(29)11(2)37-10)20(32)26-22(34)27-21(24)33)6-14-17(15(16)25)38-28-19(14)30-13(4-3-5-31)9-36-23(30)35/h6,10-11,13,18,20,31-32H,3-5,7-9H2,1-2H3,(H2,26,27,33,34)/t10-,11+,13+,18-,20?,24?/m1/s1. The van der Waals surface area contributed by atoms with Crippen LogP contribution in [0, 0.1) is 11.2 Å². The number of urea groups is 1. The van der Waals surface area contributed by atoms with Crippen LogP contribution in [0.3, 0.4) is 0 Å². The molecule has 204 valence electrons. The number of benzene rings is 1. The molecule has 3 saturated heterocycles. The molecular weight excluding hydrogens is 505 g/mol. The largest absolute Gasteiger partial charge is 0.447 e. The second kappa shape index (κ2) is 8.78. The number of aromatic nitrogens is 1. The van der Waals surface area contributed by atoms with E-state index in [2.05, 4.69) is 15.8 Å². The van der Waals surface area contributed by atoms with E-state index in [9.17, 15) is 24.6 Å². The first-order valence-corrected chi connectivity index (χ1v) is 12.6. The Kier molecular flexibility index (Phi) is 5.74. The fourth-order valence-corrected chi connectivity index (χ4v) is 6.53. The number of anilines is 2. The first-order chi connectivity index (χ1) is 18.2. The monoisotopic (exact) mass is 533 g/mol. The van der Waals surface area contributed by atoms with E-state index < -0.39 is 53.7 Å². The van der Waals surface area contributed by atoms with E-state index in [-0.39, 0.29) is 54.8 Å². The third kappa shape index (κ3) is 3.39. The molecule has 2 aromatic rings. The summed E-state index contributed by atoms with van der Waals surface area (Å²) < 4.78 is 32.9. The number of halogens is 1. The quantitative estimate of drug-likeness (QED) is 0.440. The average Bonchev–Trinajstić information content (AvgIpc) is 3.43. The van der Waals surface area contributed by atoms with E-state index in [0.717, 1.165) is 0 Å². The summed E-state index contributed by atoms with van der Waals surface area (Å²) in [6, 6.07) is -0.465. The van der Waals surface area contributed by atoms with Gasteiger partial charge in [0.2, 0.25) is 11.5 Å². The number of hydrogen-bond donors (Lipinski definition) is 4. The zero-order chi connectivity index (χ0) is 26.9. The summed E-state index contributed by atoms with van der Waals surface area (Å²) in [6.07, 6.45) is -2.43. The lowest BCUT2D eigenvalue weighted by molar-refractivity contribution is -0.155. The Labute approximate surface area is 215 Å². The number of amides is 4. The number of fused-ring (bicyclic) bond motifs is 5. The van der Waals surface area contributed by atoms with E-state index in [1.807, 2.05) is 6.92 Å². The fraction of sp³-hybridized carbons (Fsp3) is 0.583. The smallest absolute Gasteiger partial charge is 0.416 e. The molecule has 0 saturated carbocycles. The molecule has 14 heteroatoms. The third-order valence-electron chi connectivity index (χ3n) is 8.01. The topological polar surface area (TPSA) is 167 Å². The molecule has 4 aliphatic heterocycles. The Morgan fingerprint density at radius 1 is 1.29 bits per heavy atom. The van der Waals surface area contributed by atoms with Gasteiger partial charge in [-0.1, -0.05) is 5.16 Å². The van der Waals surface area contributed by atoms with Gasteiger partial charge in [-0.3, -0.25) is 15.0 Å². The summed E-state index contributed by atoms with van der Waals surface area (Å²) in [7, 11) is 0. The number of aliphatic hydroxyl groups is 2. The van der Waals surface area contributed by atoms with Crippen LogP contribution in [-0.2, 0) is 20.7 Å². The number of carbonyl (C=O) groups is 3. The SMILES string of the molecule is C[C@@H]1CN2c3c(cc4c(N5C(=O)OC[C@@H]5CCCO)noc4c3F)CC3(C(=O)NC(=O)NC3O)[C@H]2[C@H](C)O1. The van der Waals surface area contributed by atoms with E-state index in [1.54, 1.807) is 17.9 Å². The lowest BCUT2D eigenvalue weighted by Crippen LogP contribution is -2.76. The van der Waals surface area contributed by atoms with Gasteiger partial charge < -0.3 is 34.4 Å². The number of nitrogens with one attached hydrogen (secondary N) is 2. The summed E-state index contributed by atoms with van der Waals surface area (Å²) >= 11 is 0. The molecule has 4 N–H and O–H groups in total. The first kappa shape index (κ1) is 24.8. The Hall–Kier alpha value is -3.49. The minimum atomic E-state index is -1.59. The number of nitrogens with zero attached hydrogens (tertiary/aromatic N) is 3. The second-order valence-corrected chi connectivity index (χ2v) is 10.3. The summed E-state index contributed by atoms with van der Waals surface area (Å²) in [5.74, 6) is -1.35. The van der Waals surface area contributed by atoms with Crippen LogP contribution < -0.4 is 20.4 Å². The van der Waals surface area contributed by atoms with Crippen molar-refractivity contribution in [3.05, 3.63) is 17.4 Å². The number of ether oxygens (including phenoxy) is 2. The van der Waals surface area contributed by atoms with Crippen molar-refractivity contribution < 1.29 is 43.0 Å². The highest BCUT2D eigenvalue weighted by Gasteiger charge is 2.63. The number of aliphatic hydroxyl groups excluding tert-OH is 2. The van der Waals surface area contributed by atoms with Crippen molar-refractivity contribution in [2.75, 3.05) is 29.6 Å². The van der Waals surface area contributed by atoms with Gasteiger partial charge in [-0.2, -0.15) is 0 Å². The lowest BCUT2D eigenvalue weighted by Gasteiger charge is -2.57. The highest BCUT2D eigenvalue weighted by Crippen LogP contribution is 2.50. The van der Waals surface area contributed by atoms with E-state index in [1.165, 1.54) is 4.90 Å². The lowest BCUT2D eigenvalue weighted by atomic mass is 9.66. The zero-order valence-corrected chi connectivity index (χ0v) is 20.8. The van der Waals surface area contributed by atoms with E-state index in [4.69, 9.17) is 14.0 Å². The molecule has 6 rings (SSSR count). The molecule has 38 heavy (non-hydrogen) atoms. The van der Waals surface area contributed by atoms with Crippen LogP contribution in [-0.4, -0.2) is 83.7 Å². The minimum absolute atomic E-state index is 0.0639. The zero-order valence-electron chi connectivity index (χ0n) is 20.8. The molecule has 4 aliphatic rings. The van der Waals surface area contributed by atoms with Crippen molar-refractivity contribution in [1.82, 2.24) is 15.8 Å². The molecular formula is C24H28FN5O8. The minimum Gasteiger partial charge on any atom is -0.447 e. The summed E-state index contributed by atoms with van der Waals surface area (Å²) in [5.41, 5.74) is -1.19. The van der Waals surface area contributed by atoms with Crippen molar-refractivity contribution >= 4 is 40.5 Å². The van der Waals surface area contributed by atoms with Gasteiger partial charge in [0.1, 0.15) is 18.2 Å². The maximum Gasteiger partial charge on any atom is 0.416 e. The number of rotatable bonds is 4. The average molecular weight is 534 g/mol. The molecule has 0 bridgehead atoms. The number of cyclic esters (lactones) is 1. The molecule has 6 atom stereocenters. The predicted octanol–water partition coefficient (Wildman–Crippen LogP) is 0.747. The van der Waals surface area contributed by atoms with Crippen LogP contribution in [0.25, 0.3) is 11.0 Å². The highest BCUT2D eigenvalue weighted by atomic mass is 19.1. The fourth-order valence-electron chi connectivity index (χ4n) is 6.53. The Bertz CT molecular complexity index is 1330. The van der Waals surface area contributed by atoms with Crippen LogP contribution in [0.2, 0.25) is 0 Å². The molecule has 13 nitrogen and oxygen atoms in total. The second-order valence-electron chi connectivity index (χ2n) is 10.3. The van der Waals surface area contributed by atoms with Gasteiger partial charge in [-0.05, 0) is 44.7 Å². The van der Waals surface area contributed by atoms with Gasteiger partial charge in [0.15, 0.2) is 11.6 Å². The molecule has 0 radical (unpaired) electrons. The van der Waals surface area contributed by atoms with Gasteiger partial charge >= 0.3 is 12.1 Å². The van der Waals surface area contributed by atoms with E-state index >= 15 is 4.39 Å². The van der Waals surface area contributed by atoms with Crippen molar-refractivity contribution in [2.45, 2.75) is 63.6 Å². The predicted molar refractivity (Wildman–Crippen MR) is 128 cm³/mol. The number of carbonyl (C=O) groups excluding carboxylic acids is 3. The summed E-state index contributed by atoms with van der Waals surface area (Å²) in [6.45, 7) is 3.79. The van der Waals surface area contributed by atoms with Gasteiger partial charge in [0, 0.05) is 13.2 Å². The third-order valence-corrected chi connectivity index (χ3v) is 8.01. The van der Waals surface area contributed by atoms with Gasteiger partial charge in [0.25, 0.3) is 0 Å². The summed E-state index contributed by atoms with van der Waals surface area (Å²) in [4.78, 5) is 41.0. The highest BCUT2D eigenvalue weighted by molar-refractivity contribution is 6.04. The molecule has 1 aromatic carbocycles. The van der Waals surface area contributed by atoms with Crippen molar-refractivity contribution in [2.24, 2.45) is 5.41 Å². The van der Waals surface area contributed by atoms with E-state index in [0.29, 0.717) is 18.4 Å². The number of morpholine rings is 1. The molecule has 5 heterocycles. The van der Waals surface area contributed by atoms with Crippen LogP contribution in [0.15, 0.2) is 10.6 Å². The molecule has 0 aliphatic carbocycles. The molecule has 3 fully saturated rings.